The van der Waals surface area contributed by atoms with Crippen LogP contribution in [-0.4, -0.2) is 20.9 Å². The SMILES string of the molecule is Cc1c(C(=O)O)c(C(F)(F)F)nn1Cc1ccco1. The highest BCUT2D eigenvalue weighted by Crippen LogP contribution is 2.32. The summed E-state index contributed by atoms with van der Waals surface area (Å²) in [5.74, 6) is -1.27. The van der Waals surface area contributed by atoms with Gasteiger partial charge in [-0.05, 0) is 19.1 Å². The Bertz CT molecular complexity index is 599. The first kappa shape index (κ1) is 13.2. The summed E-state index contributed by atoms with van der Waals surface area (Å²) in [4.78, 5) is 10.9. The van der Waals surface area contributed by atoms with Crippen LogP contribution in [-0.2, 0) is 12.7 Å². The first-order valence-electron chi connectivity index (χ1n) is 5.21. The molecule has 0 spiro atoms. The molecule has 102 valence electrons. The summed E-state index contributed by atoms with van der Waals surface area (Å²) in [6, 6.07) is 3.14. The summed E-state index contributed by atoms with van der Waals surface area (Å²) in [5.41, 5.74) is -2.31. The summed E-state index contributed by atoms with van der Waals surface area (Å²) in [5, 5.41) is 12.2. The summed E-state index contributed by atoms with van der Waals surface area (Å²) >= 11 is 0. The van der Waals surface area contributed by atoms with E-state index in [0.717, 1.165) is 4.68 Å². The number of hydrogen-bond acceptors (Lipinski definition) is 3. The van der Waals surface area contributed by atoms with E-state index in [4.69, 9.17) is 9.52 Å². The zero-order valence-corrected chi connectivity index (χ0v) is 9.73. The van der Waals surface area contributed by atoms with Gasteiger partial charge in [-0.1, -0.05) is 0 Å². The van der Waals surface area contributed by atoms with Gasteiger partial charge in [-0.15, -0.1) is 0 Å². The van der Waals surface area contributed by atoms with E-state index in [1.165, 1.54) is 13.2 Å². The maximum absolute atomic E-state index is 12.7. The number of carbonyl (C=O) groups is 1. The normalized spacial score (nSPS) is 11.8. The number of rotatable bonds is 3. The van der Waals surface area contributed by atoms with Crippen molar-refractivity contribution in [2.24, 2.45) is 0 Å². The first-order chi connectivity index (χ1) is 8.80. The van der Waals surface area contributed by atoms with Crippen LogP contribution >= 0.6 is 0 Å². The van der Waals surface area contributed by atoms with Gasteiger partial charge < -0.3 is 9.52 Å². The fourth-order valence-corrected chi connectivity index (χ4v) is 1.70. The fraction of sp³-hybridized carbons (Fsp3) is 0.273. The third-order valence-corrected chi connectivity index (χ3v) is 2.57. The minimum atomic E-state index is -4.81. The van der Waals surface area contributed by atoms with Gasteiger partial charge in [0.15, 0.2) is 5.69 Å². The van der Waals surface area contributed by atoms with E-state index >= 15 is 0 Å². The van der Waals surface area contributed by atoms with Gasteiger partial charge in [0.2, 0.25) is 0 Å². The highest BCUT2D eigenvalue weighted by molar-refractivity contribution is 5.90. The number of aromatic carboxylic acids is 1. The molecule has 0 aromatic carbocycles. The molecule has 0 saturated heterocycles. The molecule has 2 rings (SSSR count). The minimum Gasteiger partial charge on any atom is -0.478 e. The monoisotopic (exact) mass is 274 g/mol. The average Bonchev–Trinajstić information content (AvgIpc) is 2.87. The number of aromatic nitrogens is 2. The Balaban J connectivity index is 2.49. The lowest BCUT2D eigenvalue weighted by Crippen LogP contribution is -2.12. The van der Waals surface area contributed by atoms with E-state index in [1.54, 1.807) is 12.1 Å². The second kappa shape index (κ2) is 4.45. The smallest absolute Gasteiger partial charge is 0.436 e. The Morgan fingerprint density at radius 3 is 2.63 bits per heavy atom. The standard InChI is InChI=1S/C11H9F3N2O3/c1-6-8(10(17)18)9(11(12,13)14)15-16(6)5-7-3-2-4-19-7/h2-4H,5H2,1H3,(H,17,18). The second-order valence-electron chi connectivity index (χ2n) is 3.85. The van der Waals surface area contributed by atoms with Gasteiger partial charge in [0, 0.05) is 0 Å². The Kier molecular flexibility index (Phi) is 3.09. The fourth-order valence-electron chi connectivity index (χ4n) is 1.70. The molecule has 0 saturated carbocycles. The molecule has 0 unspecified atom stereocenters. The lowest BCUT2D eigenvalue weighted by Gasteiger charge is -2.02. The van der Waals surface area contributed by atoms with E-state index in [-0.39, 0.29) is 12.2 Å². The van der Waals surface area contributed by atoms with Crippen LogP contribution in [0.25, 0.3) is 0 Å². The van der Waals surface area contributed by atoms with Crippen molar-refractivity contribution in [3.8, 4) is 0 Å². The molecular formula is C11H9F3N2O3. The highest BCUT2D eigenvalue weighted by Gasteiger charge is 2.40. The molecule has 0 aliphatic heterocycles. The minimum absolute atomic E-state index is 0.0603. The molecule has 1 N–H and O–H groups in total. The molecule has 0 bridgehead atoms. The van der Waals surface area contributed by atoms with Crippen LogP contribution in [0, 0.1) is 6.92 Å². The lowest BCUT2D eigenvalue weighted by molar-refractivity contribution is -0.142. The van der Waals surface area contributed by atoms with E-state index in [0.29, 0.717) is 5.76 Å². The van der Waals surface area contributed by atoms with Crippen molar-refractivity contribution in [3.63, 3.8) is 0 Å². The van der Waals surface area contributed by atoms with Gasteiger partial charge in [-0.25, -0.2) is 4.79 Å². The molecular weight excluding hydrogens is 265 g/mol. The molecule has 0 fully saturated rings. The topological polar surface area (TPSA) is 68.3 Å². The maximum atomic E-state index is 12.7. The second-order valence-corrected chi connectivity index (χ2v) is 3.85. The zero-order valence-electron chi connectivity index (χ0n) is 9.73. The van der Waals surface area contributed by atoms with E-state index < -0.39 is 23.4 Å². The summed E-state index contributed by atoms with van der Waals surface area (Å²) in [6.45, 7) is 1.21. The third kappa shape index (κ3) is 2.47. The van der Waals surface area contributed by atoms with Crippen molar-refractivity contribution < 1.29 is 27.5 Å². The maximum Gasteiger partial charge on any atom is 0.436 e. The Morgan fingerprint density at radius 2 is 2.21 bits per heavy atom. The molecule has 19 heavy (non-hydrogen) atoms. The van der Waals surface area contributed by atoms with Gasteiger partial charge in [0.05, 0.1) is 18.5 Å². The molecule has 0 amide bonds. The van der Waals surface area contributed by atoms with Crippen molar-refractivity contribution in [2.45, 2.75) is 19.6 Å². The van der Waals surface area contributed by atoms with E-state index in [1.807, 2.05) is 0 Å². The quantitative estimate of drug-likeness (QED) is 0.933. The molecule has 2 aromatic rings. The van der Waals surface area contributed by atoms with Gasteiger partial charge in [-0.3, -0.25) is 4.68 Å². The van der Waals surface area contributed by atoms with Gasteiger partial charge in [-0.2, -0.15) is 18.3 Å². The molecule has 0 atom stereocenters. The number of halogens is 3. The van der Waals surface area contributed by atoms with E-state index in [2.05, 4.69) is 5.10 Å². The molecule has 0 radical (unpaired) electrons. The predicted molar refractivity (Wildman–Crippen MR) is 56.7 cm³/mol. The number of hydrogen-bond donors (Lipinski definition) is 1. The Morgan fingerprint density at radius 1 is 1.53 bits per heavy atom. The van der Waals surface area contributed by atoms with Crippen molar-refractivity contribution in [1.82, 2.24) is 9.78 Å². The Hall–Kier alpha value is -2.25. The lowest BCUT2D eigenvalue weighted by atomic mass is 10.2. The number of nitrogens with zero attached hydrogens (tertiary/aromatic N) is 2. The van der Waals surface area contributed by atoms with Crippen LogP contribution in [0.3, 0.4) is 0 Å². The zero-order chi connectivity index (χ0) is 14.2. The molecule has 2 heterocycles. The van der Waals surface area contributed by atoms with Gasteiger partial charge in [0.1, 0.15) is 11.3 Å². The van der Waals surface area contributed by atoms with Gasteiger partial charge >= 0.3 is 12.1 Å². The summed E-state index contributed by atoms with van der Waals surface area (Å²) < 4.78 is 44.1. The number of carboxylic acids is 1. The molecule has 2 aromatic heterocycles. The van der Waals surface area contributed by atoms with Crippen LogP contribution in [0.15, 0.2) is 22.8 Å². The number of alkyl halides is 3. The Labute approximate surface area is 105 Å². The summed E-state index contributed by atoms with van der Waals surface area (Å²) in [7, 11) is 0. The van der Waals surface area contributed by atoms with Crippen LogP contribution in [0.2, 0.25) is 0 Å². The van der Waals surface area contributed by atoms with Crippen LogP contribution in [0.4, 0.5) is 13.2 Å². The van der Waals surface area contributed by atoms with Gasteiger partial charge in [0.25, 0.3) is 0 Å². The molecule has 0 aliphatic rings. The highest BCUT2D eigenvalue weighted by atomic mass is 19.4. The van der Waals surface area contributed by atoms with Crippen LogP contribution < -0.4 is 0 Å². The van der Waals surface area contributed by atoms with Crippen molar-refractivity contribution >= 4 is 5.97 Å². The predicted octanol–water partition coefficient (Wildman–Crippen LogP) is 2.55. The average molecular weight is 274 g/mol. The van der Waals surface area contributed by atoms with E-state index in [9.17, 15) is 18.0 Å². The van der Waals surface area contributed by atoms with Crippen molar-refractivity contribution in [3.05, 3.63) is 41.1 Å². The molecule has 5 nitrogen and oxygen atoms in total. The van der Waals surface area contributed by atoms with Crippen LogP contribution in [0.1, 0.15) is 27.5 Å². The molecule has 8 heteroatoms. The third-order valence-electron chi connectivity index (χ3n) is 2.57. The van der Waals surface area contributed by atoms with Crippen molar-refractivity contribution in [1.29, 1.82) is 0 Å². The van der Waals surface area contributed by atoms with Crippen LogP contribution in [0.5, 0.6) is 0 Å². The number of furan rings is 1. The molecule has 0 aliphatic carbocycles. The summed E-state index contributed by atoms with van der Waals surface area (Å²) in [6.07, 6.45) is -3.44. The first-order valence-corrected chi connectivity index (χ1v) is 5.21. The largest absolute Gasteiger partial charge is 0.478 e. The number of carboxylic acid groups (broad SMARTS) is 1. The van der Waals surface area contributed by atoms with Crippen molar-refractivity contribution in [2.75, 3.05) is 0 Å².